The standard InChI is InChI=1S/C24H40N2O5S.C9H18/c1-16(24(6)9-11-30-20(27)14-24)22(2,3)18-13-19(31-26-18)25-21(28)23(4,5)32-12-8-17-7-10-29-15-17;1-6-7-9(4,5)8(2)3/h13,16-17,20,27H,7-12,14-15H2,1-6H3,(H,25,28);2,6-7H2,1,3-5H3/t16-,17?,20?,24?;/m0./s1. The monoisotopic (exact) mass is 594 g/mol. The zero-order chi connectivity index (χ0) is 31.1. The van der Waals surface area contributed by atoms with Crippen LogP contribution < -0.4 is 5.32 Å². The van der Waals surface area contributed by atoms with Crippen molar-refractivity contribution in [2.24, 2.45) is 22.7 Å². The summed E-state index contributed by atoms with van der Waals surface area (Å²) in [5.74, 6) is 2.04. The first-order valence-electron chi connectivity index (χ1n) is 15.4. The highest BCUT2D eigenvalue weighted by atomic mass is 32.2. The van der Waals surface area contributed by atoms with Crippen LogP contribution in [-0.4, -0.2) is 52.8 Å². The molecule has 2 aliphatic rings. The van der Waals surface area contributed by atoms with E-state index in [4.69, 9.17) is 14.0 Å². The van der Waals surface area contributed by atoms with Crippen LogP contribution in [0, 0.1) is 22.7 Å². The number of anilines is 1. The molecule has 41 heavy (non-hydrogen) atoms. The van der Waals surface area contributed by atoms with Gasteiger partial charge in [0.15, 0.2) is 6.29 Å². The molecule has 4 atom stereocenters. The van der Waals surface area contributed by atoms with Gasteiger partial charge in [-0.1, -0.05) is 72.2 Å². The molecular formula is C33H58N2O5S. The zero-order valence-corrected chi connectivity index (χ0v) is 28.3. The molecular weight excluding hydrogens is 536 g/mol. The first-order valence-corrected chi connectivity index (χ1v) is 16.4. The minimum absolute atomic E-state index is 0.0769. The van der Waals surface area contributed by atoms with Crippen LogP contribution in [0.2, 0.25) is 0 Å². The van der Waals surface area contributed by atoms with E-state index in [2.05, 4.69) is 72.4 Å². The van der Waals surface area contributed by atoms with Crippen LogP contribution in [0.15, 0.2) is 22.7 Å². The highest BCUT2D eigenvalue weighted by molar-refractivity contribution is 8.01. The summed E-state index contributed by atoms with van der Waals surface area (Å²) in [5.41, 5.74) is 2.08. The molecule has 0 aromatic carbocycles. The Morgan fingerprint density at radius 1 is 1.27 bits per heavy atom. The predicted octanol–water partition coefficient (Wildman–Crippen LogP) is 7.99. The minimum atomic E-state index is -0.722. The van der Waals surface area contributed by atoms with E-state index in [-0.39, 0.29) is 22.7 Å². The molecule has 1 aromatic rings. The lowest BCUT2D eigenvalue weighted by Gasteiger charge is -2.47. The first-order chi connectivity index (χ1) is 18.9. The maximum absolute atomic E-state index is 12.9. The van der Waals surface area contributed by atoms with Gasteiger partial charge in [0.1, 0.15) is 0 Å². The molecule has 0 saturated carbocycles. The highest BCUT2D eigenvalue weighted by Crippen LogP contribution is 2.48. The second-order valence-corrected chi connectivity index (χ2v) is 15.9. The molecule has 1 amide bonds. The number of nitrogens with one attached hydrogen (secondary N) is 1. The third-order valence-corrected chi connectivity index (χ3v) is 11.1. The van der Waals surface area contributed by atoms with Crippen LogP contribution in [0.1, 0.15) is 113 Å². The number of aromatic nitrogens is 1. The third-order valence-electron chi connectivity index (χ3n) is 9.75. The minimum Gasteiger partial charge on any atom is -0.381 e. The molecule has 2 aliphatic heterocycles. The molecule has 3 unspecified atom stereocenters. The van der Waals surface area contributed by atoms with Gasteiger partial charge in [-0.15, -0.1) is 11.8 Å². The van der Waals surface area contributed by atoms with Gasteiger partial charge in [-0.05, 0) is 74.9 Å². The van der Waals surface area contributed by atoms with Crippen molar-refractivity contribution in [3.63, 3.8) is 0 Å². The van der Waals surface area contributed by atoms with Crippen LogP contribution in [0.4, 0.5) is 5.88 Å². The van der Waals surface area contributed by atoms with Crippen molar-refractivity contribution in [3.8, 4) is 0 Å². The summed E-state index contributed by atoms with van der Waals surface area (Å²) in [6, 6.07) is 1.84. The maximum atomic E-state index is 12.9. The topological polar surface area (TPSA) is 93.8 Å². The molecule has 0 radical (unpaired) electrons. The van der Waals surface area contributed by atoms with Crippen molar-refractivity contribution in [2.75, 3.05) is 30.9 Å². The number of allylic oxidation sites excluding steroid dienone is 1. The summed E-state index contributed by atoms with van der Waals surface area (Å²) in [6.45, 7) is 27.6. The number of hydrogen-bond donors (Lipinski definition) is 2. The summed E-state index contributed by atoms with van der Waals surface area (Å²) in [4.78, 5) is 12.9. The van der Waals surface area contributed by atoms with Crippen molar-refractivity contribution in [1.29, 1.82) is 0 Å². The van der Waals surface area contributed by atoms with E-state index in [0.717, 1.165) is 43.9 Å². The van der Waals surface area contributed by atoms with Gasteiger partial charge >= 0.3 is 0 Å². The highest BCUT2D eigenvalue weighted by Gasteiger charge is 2.45. The van der Waals surface area contributed by atoms with Gasteiger partial charge in [0.2, 0.25) is 11.8 Å². The number of amides is 1. The molecule has 2 N–H and O–H groups in total. The molecule has 0 spiro atoms. The Balaban J connectivity index is 0.000000564. The van der Waals surface area contributed by atoms with E-state index >= 15 is 0 Å². The number of nitrogens with zero attached hydrogens (tertiary/aromatic N) is 1. The predicted molar refractivity (Wildman–Crippen MR) is 170 cm³/mol. The second kappa shape index (κ2) is 14.9. The number of carbonyl (C=O) groups excluding carboxylic acids is 1. The van der Waals surface area contributed by atoms with E-state index in [0.29, 0.717) is 30.2 Å². The van der Waals surface area contributed by atoms with E-state index < -0.39 is 11.0 Å². The largest absolute Gasteiger partial charge is 0.381 e. The summed E-state index contributed by atoms with van der Waals surface area (Å²) >= 11 is 1.66. The van der Waals surface area contributed by atoms with Gasteiger partial charge < -0.3 is 19.1 Å². The normalized spacial score (nSPS) is 24.4. The Kier molecular flexibility index (Phi) is 13.0. The fourth-order valence-electron chi connectivity index (χ4n) is 5.57. The molecule has 3 heterocycles. The quantitative estimate of drug-likeness (QED) is 0.237. The summed E-state index contributed by atoms with van der Waals surface area (Å²) < 4.78 is 15.7. The molecule has 1 aromatic heterocycles. The van der Waals surface area contributed by atoms with E-state index in [1.54, 1.807) is 11.8 Å². The summed E-state index contributed by atoms with van der Waals surface area (Å²) in [5, 5.41) is 17.2. The second-order valence-electron chi connectivity index (χ2n) is 14.2. The molecule has 0 aliphatic carbocycles. The Bertz CT molecular complexity index is 982. The van der Waals surface area contributed by atoms with Gasteiger partial charge in [-0.25, -0.2) is 0 Å². The van der Waals surface area contributed by atoms with Gasteiger partial charge in [-0.2, -0.15) is 0 Å². The molecule has 3 rings (SSSR count). The van der Waals surface area contributed by atoms with Crippen molar-refractivity contribution in [2.45, 2.75) is 124 Å². The zero-order valence-electron chi connectivity index (χ0n) is 27.5. The van der Waals surface area contributed by atoms with Crippen molar-refractivity contribution < 1.29 is 23.9 Å². The van der Waals surface area contributed by atoms with Crippen LogP contribution in [-0.2, 0) is 19.7 Å². The Morgan fingerprint density at radius 2 is 1.95 bits per heavy atom. The lowest BCUT2D eigenvalue weighted by Crippen LogP contribution is -2.44. The number of thioether (sulfide) groups is 1. The maximum Gasteiger partial charge on any atom is 0.242 e. The number of rotatable bonds is 12. The lowest BCUT2D eigenvalue weighted by atomic mass is 9.60. The molecule has 2 saturated heterocycles. The fraction of sp³-hybridized carbons (Fsp3) is 0.818. The average Bonchev–Trinajstić information content (AvgIpc) is 3.56. The van der Waals surface area contributed by atoms with Crippen molar-refractivity contribution in [3.05, 3.63) is 23.9 Å². The number of aliphatic hydroxyl groups excluding tert-OH is 1. The molecule has 0 bridgehead atoms. The Morgan fingerprint density at radius 3 is 2.49 bits per heavy atom. The fourth-order valence-corrected chi connectivity index (χ4v) is 6.71. The van der Waals surface area contributed by atoms with Gasteiger partial charge in [0.05, 0.1) is 17.0 Å². The van der Waals surface area contributed by atoms with Crippen LogP contribution >= 0.6 is 11.8 Å². The third kappa shape index (κ3) is 10.1. The van der Waals surface area contributed by atoms with Crippen LogP contribution in [0.25, 0.3) is 0 Å². The average molecular weight is 595 g/mol. The van der Waals surface area contributed by atoms with Gasteiger partial charge in [0.25, 0.3) is 0 Å². The van der Waals surface area contributed by atoms with Gasteiger partial charge in [0, 0.05) is 31.1 Å². The van der Waals surface area contributed by atoms with Crippen LogP contribution in [0.5, 0.6) is 0 Å². The van der Waals surface area contributed by atoms with Crippen molar-refractivity contribution >= 4 is 23.6 Å². The number of aliphatic hydroxyl groups is 1. The number of ether oxygens (including phenoxy) is 2. The first kappa shape index (κ1) is 35.8. The molecule has 8 heteroatoms. The number of carbonyl (C=O) groups is 1. The lowest BCUT2D eigenvalue weighted by molar-refractivity contribution is -0.171. The molecule has 7 nitrogen and oxygen atoms in total. The van der Waals surface area contributed by atoms with E-state index in [9.17, 15) is 9.90 Å². The summed E-state index contributed by atoms with van der Waals surface area (Å²) in [7, 11) is 0. The number of hydrogen-bond acceptors (Lipinski definition) is 7. The Labute approximate surface area is 254 Å². The summed E-state index contributed by atoms with van der Waals surface area (Å²) in [6.07, 6.45) is 5.44. The smallest absolute Gasteiger partial charge is 0.242 e. The van der Waals surface area contributed by atoms with Crippen molar-refractivity contribution in [1.82, 2.24) is 5.16 Å². The van der Waals surface area contributed by atoms with E-state index in [1.807, 2.05) is 19.9 Å². The van der Waals surface area contributed by atoms with Gasteiger partial charge in [-0.3, -0.25) is 10.1 Å². The SMILES string of the molecule is C=C(C)C(C)(C)CCC.C[C@H](C1(C)CCOC(O)C1)C(C)(C)c1cc(NC(=O)C(C)(C)SCCC2CCOC2)on1. The van der Waals surface area contributed by atoms with Crippen LogP contribution in [0.3, 0.4) is 0 Å². The molecule has 236 valence electrons. The Hall–Kier alpha value is -1.35. The molecule has 2 fully saturated rings. The van der Waals surface area contributed by atoms with E-state index in [1.165, 1.54) is 18.4 Å².